The zero-order valence-corrected chi connectivity index (χ0v) is 7.27. The number of aryl methyl sites for hydroxylation is 1. The van der Waals surface area contributed by atoms with E-state index in [9.17, 15) is 9.90 Å². The first-order valence-corrected chi connectivity index (χ1v) is 3.96. The van der Waals surface area contributed by atoms with Crippen LogP contribution in [0.4, 0.5) is 0 Å². The molecule has 0 aliphatic heterocycles. The summed E-state index contributed by atoms with van der Waals surface area (Å²) < 4.78 is 0. The van der Waals surface area contributed by atoms with Crippen molar-refractivity contribution in [1.82, 2.24) is 0 Å². The lowest BCUT2D eigenvalue weighted by atomic mass is 10.1. The molecule has 0 saturated heterocycles. The zero-order chi connectivity index (χ0) is 10.7. The Labute approximate surface area is 79.9 Å². The maximum atomic E-state index is 10.2. The van der Waals surface area contributed by atoms with Crippen molar-refractivity contribution in [2.75, 3.05) is 0 Å². The third-order valence-corrected chi connectivity index (χ3v) is 1.76. The van der Waals surface area contributed by atoms with Gasteiger partial charge in [0.05, 0.1) is 0 Å². The third-order valence-electron chi connectivity index (χ3n) is 1.76. The van der Waals surface area contributed by atoms with Crippen LogP contribution < -0.4 is 0 Å². The van der Waals surface area contributed by atoms with Crippen LogP contribution in [0.15, 0.2) is 12.1 Å². The Morgan fingerprint density at radius 3 is 2.43 bits per heavy atom. The summed E-state index contributed by atoms with van der Waals surface area (Å²) in [5.74, 6) is -2.05. The number of carboxylic acids is 1. The Balaban J connectivity index is 2.90. The monoisotopic (exact) mass is 198 g/mol. The molecule has 1 rings (SSSR count). The fourth-order valence-electron chi connectivity index (χ4n) is 1.09. The van der Waals surface area contributed by atoms with E-state index in [1.807, 2.05) is 0 Å². The van der Waals surface area contributed by atoms with Crippen LogP contribution in [0, 0.1) is 0 Å². The molecule has 1 aromatic rings. The van der Waals surface area contributed by atoms with E-state index in [4.69, 9.17) is 15.3 Å². The maximum Gasteiger partial charge on any atom is 0.303 e. The van der Waals surface area contributed by atoms with Crippen LogP contribution in [0.25, 0.3) is 0 Å². The highest BCUT2D eigenvalue weighted by atomic mass is 16.4. The summed E-state index contributed by atoms with van der Waals surface area (Å²) in [6.45, 7) is 0. The number of hydrogen-bond donors (Lipinski definition) is 4. The lowest BCUT2D eigenvalue weighted by Gasteiger charge is -2.05. The number of aliphatic carboxylic acids is 1. The molecule has 0 amide bonds. The number of phenolic OH excluding ortho intramolecular Hbond substituents is 3. The van der Waals surface area contributed by atoms with Gasteiger partial charge >= 0.3 is 5.97 Å². The van der Waals surface area contributed by atoms with Crippen molar-refractivity contribution < 1.29 is 25.2 Å². The van der Waals surface area contributed by atoms with Crippen LogP contribution in [0.2, 0.25) is 0 Å². The minimum absolute atomic E-state index is 0.0587. The minimum Gasteiger partial charge on any atom is -0.508 e. The van der Waals surface area contributed by atoms with Crippen molar-refractivity contribution in [1.29, 1.82) is 0 Å². The Morgan fingerprint density at radius 1 is 1.21 bits per heavy atom. The molecule has 0 bridgehead atoms. The fourth-order valence-corrected chi connectivity index (χ4v) is 1.09. The molecule has 0 aromatic heterocycles. The van der Waals surface area contributed by atoms with Crippen molar-refractivity contribution in [2.24, 2.45) is 0 Å². The van der Waals surface area contributed by atoms with Crippen molar-refractivity contribution in [3.8, 4) is 17.2 Å². The van der Waals surface area contributed by atoms with Gasteiger partial charge in [-0.25, -0.2) is 0 Å². The molecule has 1 aromatic carbocycles. The van der Waals surface area contributed by atoms with Crippen LogP contribution in [0.5, 0.6) is 17.2 Å². The number of carbonyl (C=O) groups is 1. The maximum absolute atomic E-state index is 10.2. The van der Waals surface area contributed by atoms with Crippen LogP contribution in [0.1, 0.15) is 12.0 Å². The Hall–Kier alpha value is -1.91. The Kier molecular flexibility index (Phi) is 2.81. The molecule has 0 fully saturated rings. The molecule has 0 aliphatic rings. The first-order chi connectivity index (χ1) is 6.50. The van der Waals surface area contributed by atoms with Gasteiger partial charge in [-0.3, -0.25) is 4.79 Å². The van der Waals surface area contributed by atoms with Crippen molar-refractivity contribution >= 4 is 5.97 Å². The van der Waals surface area contributed by atoms with Gasteiger partial charge in [-0.1, -0.05) is 0 Å². The molecule has 4 N–H and O–H groups in total. The second-order valence-corrected chi connectivity index (χ2v) is 2.87. The predicted molar refractivity (Wildman–Crippen MR) is 47.4 cm³/mol. The van der Waals surface area contributed by atoms with Gasteiger partial charge in [-0.05, 0) is 12.5 Å². The number of benzene rings is 1. The van der Waals surface area contributed by atoms with E-state index in [0.717, 1.165) is 6.07 Å². The summed E-state index contributed by atoms with van der Waals surface area (Å²) in [5.41, 5.74) is 0.213. The average molecular weight is 198 g/mol. The van der Waals surface area contributed by atoms with Crippen LogP contribution in [0.3, 0.4) is 0 Å². The van der Waals surface area contributed by atoms with Gasteiger partial charge in [0.25, 0.3) is 0 Å². The molecular weight excluding hydrogens is 188 g/mol. The number of hydrogen-bond acceptors (Lipinski definition) is 4. The van der Waals surface area contributed by atoms with Crippen molar-refractivity contribution in [3.05, 3.63) is 17.7 Å². The van der Waals surface area contributed by atoms with Crippen molar-refractivity contribution in [3.63, 3.8) is 0 Å². The predicted octanol–water partition coefficient (Wildman–Crippen LogP) is 0.821. The number of aromatic hydroxyl groups is 3. The lowest BCUT2D eigenvalue weighted by Crippen LogP contribution is -1.97. The molecular formula is C9H10O5. The molecule has 0 atom stereocenters. The number of phenols is 3. The van der Waals surface area contributed by atoms with Crippen LogP contribution >= 0.6 is 0 Å². The highest BCUT2D eigenvalue weighted by Gasteiger charge is 2.10. The quantitative estimate of drug-likeness (QED) is 0.425. The largest absolute Gasteiger partial charge is 0.508 e. The average Bonchev–Trinajstić information content (AvgIpc) is 2.08. The molecule has 14 heavy (non-hydrogen) atoms. The smallest absolute Gasteiger partial charge is 0.303 e. The summed E-state index contributed by atoms with van der Waals surface area (Å²) >= 11 is 0. The topological polar surface area (TPSA) is 98.0 Å². The van der Waals surface area contributed by atoms with E-state index in [1.165, 1.54) is 6.07 Å². The number of carboxylic acid groups (broad SMARTS) is 1. The van der Waals surface area contributed by atoms with Crippen LogP contribution in [-0.2, 0) is 11.2 Å². The van der Waals surface area contributed by atoms with Gasteiger partial charge in [0, 0.05) is 18.1 Å². The molecule has 0 radical (unpaired) electrons. The fraction of sp³-hybridized carbons (Fsp3) is 0.222. The molecule has 0 heterocycles. The summed E-state index contributed by atoms with van der Waals surface area (Å²) in [5, 5.41) is 35.8. The standard InChI is InChI=1S/C9H10O5/c10-6-3-5(1-2-8(12)13)9(14)7(11)4-6/h3-4,10-11,14H,1-2H2,(H,12,13). The molecule has 0 spiro atoms. The summed E-state index contributed by atoms with van der Waals surface area (Å²) in [4.78, 5) is 10.2. The van der Waals surface area contributed by atoms with E-state index in [1.54, 1.807) is 0 Å². The van der Waals surface area contributed by atoms with E-state index in [-0.39, 0.29) is 29.9 Å². The molecule has 5 nitrogen and oxygen atoms in total. The zero-order valence-electron chi connectivity index (χ0n) is 7.27. The summed E-state index contributed by atoms with van der Waals surface area (Å²) in [6, 6.07) is 2.21. The van der Waals surface area contributed by atoms with E-state index >= 15 is 0 Å². The van der Waals surface area contributed by atoms with Gasteiger partial charge in [0.15, 0.2) is 11.5 Å². The third kappa shape index (κ3) is 2.29. The van der Waals surface area contributed by atoms with Gasteiger partial charge in [-0.2, -0.15) is 0 Å². The van der Waals surface area contributed by atoms with E-state index in [0.29, 0.717) is 0 Å². The number of rotatable bonds is 3. The molecule has 76 valence electrons. The summed E-state index contributed by atoms with van der Waals surface area (Å²) in [7, 11) is 0. The Bertz CT molecular complexity index is 358. The van der Waals surface area contributed by atoms with Gasteiger partial charge in [0.2, 0.25) is 0 Å². The van der Waals surface area contributed by atoms with Gasteiger partial charge in [-0.15, -0.1) is 0 Å². The van der Waals surface area contributed by atoms with E-state index in [2.05, 4.69) is 0 Å². The molecule has 0 aliphatic carbocycles. The second kappa shape index (κ2) is 3.87. The SMILES string of the molecule is O=C(O)CCc1cc(O)cc(O)c1O. The first kappa shape index (κ1) is 10.2. The molecule has 5 heteroatoms. The highest BCUT2D eigenvalue weighted by molar-refractivity contribution is 5.67. The first-order valence-electron chi connectivity index (χ1n) is 3.96. The van der Waals surface area contributed by atoms with Gasteiger partial charge in [0.1, 0.15) is 5.75 Å². The normalized spacial score (nSPS) is 10.0. The van der Waals surface area contributed by atoms with Crippen LogP contribution in [-0.4, -0.2) is 26.4 Å². The highest BCUT2D eigenvalue weighted by Crippen LogP contribution is 2.33. The van der Waals surface area contributed by atoms with Crippen molar-refractivity contribution in [2.45, 2.75) is 12.8 Å². The minimum atomic E-state index is -1.01. The van der Waals surface area contributed by atoms with E-state index < -0.39 is 11.7 Å². The molecule has 0 saturated carbocycles. The summed E-state index contributed by atoms with van der Waals surface area (Å²) in [6.07, 6.45) is -0.112. The Morgan fingerprint density at radius 2 is 1.86 bits per heavy atom. The lowest BCUT2D eigenvalue weighted by molar-refractivity contribution is -0.136. The second-order valence-electron chi connectivity index (χ2n) is 2.87. The van der Waals surface area contributed by atoms with Gasteiger partial charge < -0.3 is 20.4 Å². The molecule has 0 unspecified atom stereocenters.